The van der Waals surface area contributed by atoms with Gasteiger partial charge in [0.25, 0.3) is 0 Å². The minimum absolute atomic E-state index is 0.0215. The number of hydrogen-bond donors (Lipinski definition) is 5. The predicted octanol–water partition coefficient (Wildman–Crippen LogP) is 0.475. The molecule has 1 unspecified atom stereocenters. The summed E-state index contributed by atoms with van der Waals surface area (Å²) < 4.78 is 21.4. The summed E-state index contributed by atoms with van der Waals surface area (Å²) in [6.07, 6.45) is -6.15. The molecule has 6 rings (SSSR count). The van der Waals surface area contributed by atoms with Crippen molar-refractivity contribution in [3.8, 4) is 11.5 Å². The molecular formula is C34H34N2O15. The van der Waals surface area contributed by atoms with E-state index < -0.39 is 147 Å². The summed E-state index contributed by atoms with van der Waals surface area (Å²) in [6, 6.07) is 0.988. The molecule has 1 aliphatic heterocycles. The maximum absolute atomic E-state index is 14.6. The van der Waals surface area contributed by atoms with E-state index in [1.54, 1.807) is 6.92 Å². The van der Waals surface area contributed by atoms with E-state index in [1.807, 2.05) is 0 Å². The number of benzene rings is 2. The summed E-state index contributed by atoms with van der Waals surface area (Å²) in [5, 5.41) is 59.9. The number of nitrogens with zero attached hydrogens (tertiary/aromatic N) is 2. The Morgan fingerprint density at radius 2 is 1.73 bits per heavy atom. The number of ketones is 4. The highest BCUT2D eigenvalue weighted by Crippen LogP contribution is 2.56. The van der Waals surface area contributed by atoms with Crippen molar-refractivity contribution >= 4 is 34.8 Å². The number of methoxy groups -OCH3 is 3. The molecule has 1 saturated heterocycles. The zero-order valence-corrected chi connectivity index (χ0v) is 28.0. The first-order valence-corrected chi connectivity index (χ1v) is 15.8. The zero-order valence-electron chi connectivity index (χ0n) is 28.0. The number of aryl methyl sites for hydroxylation is 1. The van der Waals surface area contributed by atoms with Gasteiger partial charge >= 0.3 is 5.97 Å². The van der Waals surface area contributed by atoms with Crippen LogP contribution in [0.25, 0.3) is 0 Å². The van der Waals surface area contributed by atoms with Gasteiger partial charge in [0.15, 0.2) is 23.2 Å². The maximum Gasteiger partial charge on any atom is 0.341 e. The number of aliphatic hydroxyl groups is 3. The Morgan fingerprint density at radius 3 is 2.31 bits per heavy atom. The number of carbonyl (C=O) groups excluding carboxylic acids is 5. The summed E-state index contributed by atoms with van der Waals surface area (Å²) >= 11 is 0. The fraction of sp³-hybridized carbons (Fsp3) is 0.471. The lowest BCUT2D eigenvalue weighted by Gasteiger charge is -2.52. The molecule has 0 bridgehead atoms. The first kappa shape index (κ1) is 36.0. The Morgan fingerprint density at radius 1 is 1.04 bits per heavy atom. The molecule has 17 nitrogen and oxygen atoms in total. The summed E-state index contributed by atoms with van der Waals surface area (Å²) in [5.41, 5.74) is -10.4. The van der Waals surface area contributed by atoms with Gasteiger partial charge in [0.05, 0.1) is 55.1 Å². The highest BCUT2D eigenvalue weighted by Gasteiger charge is 2.72. The van der Waals surface area contributed by atoms with Gasteiger partial charge in [0.1, 0.15) is 29.2 Å². The average molecular weight is 711 g/mol. The summed E-state index contributed by atoms with van der Waals surface area (Å²) in [7, 11) is 3.26. The van der Waals surface area contributed by atoms with Crippen LogP contribution in [-0.4, -0.2) is 124 Å². The van der Waals surface area contributed by atoms with E-state index in [9.17, 15) is 54.4 Å². The van der Waals surface area contributed by atoms with Gasteiger partial charge in [-0.2, -0.15) is 4.91 Å². The highest BCUT2D eigenvalue weighted by molar-refractivity contribution is 6.53. The van der Waals surface area contributed by atoms with Crippen molar-refractivity contribution in [2.45, 2.75) is 68.5 Å². The van der Waals surface area contributed by atoms with E-state index in [2.05, 4.69) is 10.2 Å². The smallest absolute Gasteiger partial charge is 0.341 e. The lowest BCUT2D eigenvalue weighted by molar-refractivity contribution is -0.181. The van der Waals surface area contributed by atoms with E-state index in [-0.39, 0.29) is 11.1 Å². The molecule has 1 fully saturated rings. The molecule has 0 saturated carbocycles. The van der Waals surface area contributed by atoms with Crippen molar-refractivity contribution < 1.29 is 68.5 Å². The molecule has 17 heteroatoms. The molecule has 8 atom stereocenters. The van der Waals surface area contributed by atoms with Crippen LogP contribution in [0.1, 0.15) is 81.8 Å². The Kier molecular flexibility index (Phi) is 8.81. The third-order valence-electron chi connectivity index (χ3n) is 10.5. The highest BCUT2D eigenvalue weighted by atomic mass is 16.6. The van der Waals surface area contributed by atoms with Crippen LogP contribution in [-0.2, 0) is 31.0 Å². The third-order valence-corrected chi connectivity index (χ3v) is 10.5. The summed E-state index contributed by atoms with van der Waals surface area (Å²) in [6.45, 7) is 2.33. The van der Waals surface area contributed by atoms with Gasteiger partial charge in [-0.1, -0.05) is 11.2 Å². The lowest BCUT2D eigenvalue weighted by atomic mass is 9.56. The van der Waals surface area contributed by atoms with E-state index >= 15 is 0 Å². The van der Waals surface area contributed by atoms with Crippen molar-refractivity contribution in [2.75, 3.05) is 27.9 Å². The van der Waals surface area contributed by atoms with Crippen molar-refractivity contribution in [1.29, 1.82) is 0 Å². The maximum atomic E-state index is 14.6. The summed E-state index contributed by atoms with van der Waals surface area (Å²) in [4.78, 5) is 85.2. The van der Waals surface area contributed by atoms with E-state index in [0.717, 1.165) is 20.3 Å². The number of aliphatic hydroxyl groups excluding tert-OH is 2. The van der Waals surface area contributed by atoms with Crippen LogP contribution in [0.4, 0.5) is 0 Å². The number of esters is 1. The van der Waals surface area contributed by atoms with Gasteiger partial charge in [-0.3, -0.25) is 24.2 Å². The van der Waals surface area contributed by atoms with Gasteiger partial charge < -0.3 is 44.5 Å². The van der Waals surface area contributed by atoms with E-state index in [1.165, 1.54) is 20.1 Å². The van der Waals surface area contributed by atoms with Crippen molar-refractivity contribution in [2.24, 2.45) is 16.1 Å². The molecule has 4 aliphatic rings. The zero-order chi connectivity index (χ0) is 37.5. The number of ether oxygens (including phenoxy) is 4. The number of fused-ring (bicyclic) bond motifs is 5. The molecule has 0 aromatic heterocycles. The molecule has 1 heterocycles. The first-order valence-electron chi connectivity index (χ1n) is 15.8. The molecule has 51 heavy (non-hydrogen) atoms. The minimum Gasteiger partial charge on any atom is -0.507 e. The topological polar surface area (TPSA) is 265 Å². The van der Waals surface area contributed by atoms with Gasteiger partial charge in [0.2, 0.25) is 17.3 Å². The number of hydrogen-bond acceptors (Lipinski definition) is 17. The third kappa shape index (κ3) is 4.62. The predicted molar refractivity (Wildman–Crippen MR) is 170 cm³/mol. The van der Waals surface area contributed by atoms with Gasteiger partial charge in [0, 0.05) is 37.3 Å². The second-order valence-corrected chi connectivity index (χ2v) is 12.9. The molecule has 3 aliphatic carbocycles. The standard InChI is InChI=1S/C34H34N2O15/c1-11-6-13-7-19(39)34(50-5)30(44)22-15(29(43)33(34,46)23(13)27(42)20(11)32(45)49-4)8-14-21(26(22)41)18(38)9-17(25(14)40)35-31-16(10-37)24(36-47)28(48-3)12(2)51-31/h6,8,12,16,19,24,28,31,37,39,41-42,46H,7,9-10H2,1-5H3/t12-,16+,19+,24?,28-,31-,33-,34+/m0/s1. The Balaban J connectivity index is 1.55. The molecular weight excluding hydrogens is 676 g/mol. The molecule has 0 amide bonds. The van der Waals surface area contributed by atoms with Gasteiger partial charge in [-0.25, -0.2) is 4.79 Å². The van der Waals surface area contributed by atoms with Crippen molar-refractivity contribution in [1.82, 2.24) is 0 Å². The second kappa shape index (κ2) is 12.5. The van der Waals surface area contributed by atoms with Crippen LogP contribution >= 0.6 is 0 Å². The summed E-state index contributed by atoms with van der Waals surface area (Å²) in [5.74, 6) is -8.84. The van der Waals surface area contributed by atoms with Crippen LogP contribution in [0.2, 0.25) is 0 Å². The quantitative estimate of drug-likeness (QED) is 0.202. The normalized spacial score (nSPS) is 32.2. The minimum atomic E-state index is -3.26. The number of aliphatic imine (C=N–C) groups is 1. The monoisotopic (exact) mass is 710 g/mol. The van der Waals surface area contributed by atoms with Gasteiger partial charge in [-0.15, -0.1) is 0 Å². The molecule has 0 radical (unpaired) electrons. The number of carbonyl (C=O) groups is 5. The first-order chi connectivity index (χ1) is 24.1. The van der Waals surface area contributed by atoms with Crippen LogP contribution in [0.3, 0.4) is 0 Å². The lowest BCUT2D eigenvalue weighted by Crippen LogP contribution is -2.73. The van der Waals surface area contributed by atoms with Crippen molar-refractivity contribution in [3.63, 3.8) is 0 Å². The Hall–Kier alpha value is -4.78. The number of rotatable bonds is 6. The number of nitroso groups, excluding NO2 is 1. The molecule has 0 spiro atoms. The Labute approximate surface area is 288 Å². The van der Waals surface area contributed by atoms with E-state index in [4.69, 9.17) is 18.9 Å². The molecule has 2 aromatic carbocycles. The second-order valence-electron chi connectivity index (χ2n) is 12.9. The number of aromatic hydroxyl groups is 2. The van der Waals surface area contributed by atoms with Crippen LogP contribution < -0.4 is 0 Å². The SMILES string of the molecule is COC(=O)c1c(C)cc2c(c1O)[C@]1(O)C(=O)c3cc4c(c(O)c3C(=O)[C@]1(OC)[C@H](O)C2)C(=O)CC(=N[C@H]1O[C@@H](C)[C@H](OC)C(N=O)[C@H]1CO)C4=O. The van der Waals surface area contributed by atoms with E-state index in [0.29, 0.717) is 0 Å². The van der Waals surface area contributed by atoms with Crippen LogP contribution in [0.5, 0.6) is 11.5 Å². The largest absolute Gasteiger partial charge is 0.507 e. The molecule has 270 valence electrons. The van der Waals surface area contributed by atoms with Crippen LogP contribution in [0, 0.1) is 17.7 Å². The average Bonchev–Trinajstić information content (AvgIpc) is 3.08. The van der Waals surface area contributed by atoms with Crippen molar-refractivity contribution in [3.05, 3.63) is 61.5 Å². The fourth-order valence-electron chi connectivity index (χ4n) is 8.08. The Bertz CT molecular complexity index is 1970. The molecule has 5 N–H and O–H groups in total. The number of Topliss-reactive ketones (excluding diaryl/α,β-unsaturated/α-hetero) is 4. The fourth-order valence-corrected chi connectivity index (χ4v) is 8.08. The number of phenolic OH excluding ortho intramolecular Hbond substituents is 2. The molecule has 2 aromatic rings. The number of phenols is 2. The van der Waals surface area contributed by atoms with Crippen LogP contribution in [0.15, 0.2) is 22.3 Å². The van der Waals surface area contributed by atoms with Gasteiger partial charge in [-0.05, 0) is 31.0 Å².